The summed E-state index contributed by atoms with van der Waals surface area (Å²) in [6.07, 6.45) is 1.36. The fraction of sp³-hybridized carbons (Fsp3) is 0.190. The topological polar surface area (TPSA) is 132 Å². The summed E-state index contributed by atoms with van der Waals surface area (Å²) < 4.78 is 10.5. The third-order valence-corrected chi connectivity index (χ3v) is 3.87. The number of nitrogens with one attached hydrogen (secondary N) is 1. The molecule has 0 saturated heterocycles. The van der Waals surface area contributed by atoms with Crippen LogP contribution in [0.4, 0.5) is 11.4 Å². The monoisotopic (exact) mass is 409 g/mol. The number of nitriles is 1. The van der Waals surface area contributed by atoms with Gasteiger partial charge in [-0.05, 0) is 49.2 Å². The van der Waals surface area contributed by atoms with Crippen LogP contribution in [0.1, 0.15) is 25.0 Å². The molecule has 0 radical (unpaired) electrons. The second kappa shape index (κ2) is 9.84. The van der Waals surface area contributed by atoms with Gasteiger partial charge < -0.3 is 14.8 Å². The second-order valence-corrected chi connectivity index (χ2v) is 6.11. The van der Waals surface area contributed by atoms with Crippen molar-refractivity contribution in [3.8, 4) is 17.6 Å². The lowest BCUT2D eigenvalue weighted by molar-refractivity contribution is -0.384. The molecular weight excluding hydrogens is 390 g/mol. The Morgan fingerprint density at radius 2 is 1.97 bits per heavy atom. The first kappa shape index (κ1) is 22.1. The lowest BCUT2D eigenvalue weighted by Crippen LogP contribution is -2.14. The van der Waals surface area contributed by atoms with Crippen LogP contribution >= 0.6 is 0 Å². The molecule has 154 valence electrons. The molecular formula is C21H19N3O6. The summed E-state index contributed by atoms with van der Waals surface area (Å²) in [4.78, 5) is 34.0. The third kappa shape index (κ3) is 5.65. The average molecular weight is 409 g/mol. The van der Waals surface area contributed by atoms with Gasteiger partial charge in [0.15, 0.2) is 11.5 Å². The van der Waals surface area contributed by atoms with Crippen molar-refractivity contribution < 1.29 is 24.0 Å². The number of esters is 1. The number of nitro benzene ring substituents is 1. The number of nitro groups is 1. The highest BCUT2D eigenvalue weighted by Gasteiger charge is 2.14. The molecule has 0 fully saturated rings. The Labute approximate surface area is 172 Å². The zero-order valence-electron chi connectivity index (χ0n) is 16.6. The van der Waals surface area contributed by atoms with E-state index in [-0.39, 0.29) is 17.0 Å². The van der Waals surface area contributed by atoms with Crippen LogP contribution in [-0.2, 0) is 9.59 Å². The van der Waals surface area contributed by atoms with Crippen molar-refractivity contribution in [2.24, 2.45) is 0 Å². The number of nitrogens with zero attached hydrogens (tertiary/aromatic N) is 2. The molecule has 2 aromatic rings. The molecule has 0 unspecified atom stereocenters. The number of carbonyl (C=O) groups is 2. The van der Waals surface area contributed by atoms with Gasteiger partial charge in [0, 0.05) is 24.7 Å². The molecule has 2 aromatic carbocycles. The lowest BCUT2D eigenvalue weighted by Gasteiger charge is -2.11. The molecule has 0 bridgehead atoms. The summed E-state index contributed by atoms with van der Waals surface area (Å²) >= 11 is 0. The van der Waals surface area contributed by atoms with Crippen molar-refractivity contribution in [3.63, 3.8) is 0 Å². The van der Waals surface area contributed by atoms with Gasteiger partial charge in [-0.15, -0.1) is 0 Å². The number of carbonyl (C=O) groups excluding carboxylic acids is 2. The van der Waals surface area contributed by atoms with Crippen molar-refractivity contribution in [3.05, 3.63) is 63.2 Å². The second-order valence-electron chi connectivity index (χ2n) is 6.11. The van der Waals surface area contributed by atoms with Crippen LogP contribution in [0, 0.1) is 28.4 Å². The number of hydrogen-bond donors (Lipinski definition) is 1. The summed E-state index contributed by atoms with van der Waals surface area (Å²) in [5.41, 5.74) is 1.04. The number of benzene rings is 2. The maximum atomic E-state index is 12.5. The van der Waals surface area contributed by atoms with E-state index in [1.807, 2.05) is 6.07 Å². The summed E-state index contributed by atoms with van der Waals surface area (Å²) in [6.45, 7) is 4.97. The van der Waals surface area contributed by atoms with Crippen LogP contribution in [0.2, 0.25) is 0 Å². The first-order chi connectivity index (χ1) is 14.2. The van der Waals surface area contributed by atoms with Gasteiger partial charge >= 0.3 is 5.97 Å². The Morgan fingerprint density at radius 1 is 1.23 bits per heavy atom. The van der Waals surface area contributed by atoms with E-state index >= 15 is 0 Å². The van der Waals surface area contributed by atoms with Gasteiger partial charge in [0.05, 0.1) is 11.5 Å². The maximum Gasteiger partial charge on any atom is 0.308 e. The van der Waals surface area contributed by atoms with Crippen molar-refractivity contribution in [1.29, 1.82) is 5.26 Å². The minimum atomic E-state index is -0.670. The first-order valence-electron chi connectivity index (χ1n) is 8.88. The fourth-order valence-electron chi connectivity index (χ4n) is 2.53. The molecule has 0 heterocycles. The average Bonchev–Trinajstić information content (AvgIpc) is 2.69. The van der Waals surface area contributed by atoms with Crippen LogP contribution in [0.5, 0.6) is 11.5 Å². The molecule has 0 spiro atoms. The van der Waals surface area contributed by atoms with E-state index in [9.17, 15) is 25.0 Å². The zero-order chi connectivity index (χ0) is 22.3. The van der Waals surface area contributed by atoms with E-state index < -0.39 is 16.8 Å². The predicted molar refractivity (Wildman–Crippen MR) is 109 cm³/mol. The minimum Gasteiger partial charge on any atom is -0.490 e. The number of amides is 1. The molecule has 9 heteroatoms. The fourth-order valence-corrected chi connectivity index (χ4v) is 2.53. The van der Waals surface area contributed by atoms with E-state index in [2.05, 4.69) is 5.32 Å². The van der Waals surface area contributed by atoms with Gasteiger partial charge in [-0.1, -0.05) is 6.07 Å². The molecule has 9 nitrogen and oxygen atoms in total. The Kier molecular flexibility index (Phi) is 7.25. The molecule has 0 aromatic heterocycles. The van der Waals surface area contributed by atoms with Gasteiger partial charge in [-0.3, -0.25) is 19.7 Å². The van der Waals surface area contributed by atoms with E-state index in [1.165, 1.54) is 37.3 Å². The van der Waals surface area contributed by atoms with Crippen molar-refractivity contribution in [2.75, 3.05) is 11.9 Å². The molecule has 2 rings (SSSR count). The van der Waals surface area contributed by atoms with Gasteiger partial charge in [0.25, 0.3) is 11.6 Å². The Balaban J connectivity index is 2.29. The summed E-state index contributed by atoms with van der Waals surface area (Å²) in [7, 11) is 0. The van der Waals surface area contributed by atoms with Crippen molar-refractivity contribution in [1.82, 2.24) is 0 Å². The van der Waals surface area contributed by atoms with Crippen LogP contribution < -0.4 is 14.8 Å². The molecule has 0 atom stereocenters. The smallest absolute Gasteiger partial charge is 0.308 e. The standard InChI is InChI=1S/C21H19N3O6/c1-4-29-20-11-15(5-8-19(20)30-14(3)25)10-16(12-22)21(26)23-18-7-6-17(24(27)28)9-13(18)2/h5-11H,4H2,1-3H3,(H,23,26). The van der Waals surface area contributed by atoms with Crippen LogP contribution in [-0.4, -0.2) is 23.4 Å². The normalized spacial score (nSPS) is 10.7. The van der Waals surface area contributed by atoms with Crippen LogP contribution in [0.15, 0.2) is 42.0 Å². The lowest BCUT2D eigenvalue weighted by atomic mass is 10.1. The minimum absolute atomic E-state index is 0.0992. The third-order valence-electron chi connectivity index (χ3n) is 3.87. The summed E-state index contributed by atoms with van der Waals surface area (Å²) in [6, 6.07) is 10.5. The quantitative estimate of drug-likeness (QED) is 0.184. The van der Waals surface area contributed by atoms with Gasteiger partial charge in [-0.2, -0.15) is 5.26 Å². The van der Waals surface area contributed by atoms with E-state index in [1.54, 1.807) is 26.0 Å². The number of anilines is 1. The number of aryl methyl sites for hydroxylation is 1. The van der Waals surface area contributed by atoms with Crippen LogP contribution in [0.25, 0.3) is 6.08 Å². The number of ether oxygens (including phenoxy) is 2. The van der Waals surface area contributed by atoms with E-state index in [4.69, 9.17) is 9.47 Å². The maximum absolute atomic E-state index is 12.5. The van der Waals surface area contributed by atoms with E-state index in [0.29, 0.717) is 29.2 Å². The highest BCUT2D eigenvalue weighted by Crippen LogP contribution is 2.30. The molecule has 0 aliphatic carbocycles. The van der Waals surface area contributed by atoms with Crippen molar-refractivity contribution >= 4 is 29.3 Å². The first-order valence-corrected chi connectivity index (χ1v) is 8.88. The summed E-state index contributed by atoms with van der Waals surface area (Å²) in [5.74, 6) is -0.650. The molecule has 0 aliphatic rings. The molecule has 0 saturated carbocycles. The highest BCUT2D eigenvalue weighted by atomic mass is 16.6. The van der Waals surface area contributed by atoms with E-state index in [0.717, 1.165) is 0 Å². The summed E-state index contributed by atoms with van der Waals surface area (Å²) in [5, 5.41) is 22.8. The predicted octanol–water partition coefficient (Wildman–Crippen LogP) is 3.77. The SMILES string of the molecule is CCOc1cc(C=C(C#N)C(=O)Nc2ccc([N+](=O)[O-])cc2C)ccc1OC(C)=O. The Bertz CT molecular complexity index is 1070. The van der Waals surface area contributed by atoms with Crippen molar-refractivity contribution in [2.45, 2.75) is 20.8 Å². The molecule has 1 amide bonds. The highest BCUT2D eigenvalue weighted by molar-refractivity contribution is 6.10. The van der Waals surface area contributed by atoms with Gasteiger partial charge in [-0.25, -0.2) is 0 Å². The Hall–Kier alpha value is -4.19. The number of non-ortho nitro benzene ring substituents is 1. The molecule has 1 N–H and O–H groups in total. The van der Waals surface area contributed by atoms with Gasteiger partial charge in [0.2, 0.25) is 0 Å². The zero-order valence-corrected chi connectivity index (χ0v) is 16.6. The Morgan fingerprint density at radius 3 is 2.53 bits per heavy atom. The largest absolute Gasteiger partial charge is 0.490 e. The van der Waals surface area contributed by atoms with Gasteiger partial charge in [0.1, 0.15) is 11.6 Å². The van der Waals surface area contributed by atoms with Crippen LogP contribution in [0.3, 0.4) is 0 Å². The number of hydrogen-bond acceptors (Lipinski definition) is 7. The molecule has 30 heavy (non-hydrogen) atoms. The number of rotatable bonds is 7. The molecule has 0 aliphatic heterocycles.